The SMILES string of the molecule is COCCOCCc1noc(-c2ccc(O)c(C)c2)n1. The van der Waals surface area contributed by atoms with Gasteiger partial charge in [-0.2, -0.15) is 4.98 Å². The van der Waals surface area contributed by atoms with E-state index in [1.807, 2.05) is 13.0 Å². The number of aromatic nitrogens is 2. The van der Waals surface area contributed by atoms with Crippen LogP contribution in [0.3, 0.4) is 0 Å². The largest absolute Gasteiger partial charge is 0.508 e. The highest BCUT2D eigenvalue weighted by Crippen LogP contribution is 2.24. The van der Waals surface area contributed by atoms with Crippen LogP contribution in [0.25, 0.3) is 11.5 Å². The van der Waals surface area contributed by atoms with E-state index in [4.69, 9.17) is 14.0 Å². The van der Waals surface area contributed by atoms with E-state index >= 15 is 0 Å². The molecule has 0 saturated heterocycles. The molecule has 0 atom stereocenters. The van der Waals surface area contributed by atoms with Gasteiger partial charge in [0.1, 0.15) is 5.75 Å². The van der Waals surface area contributed by atoms with Crippen molar-refractivity contribution in [2.75, 3.05) is 26.9 Å². The van der Waals surface area contributed by atoms with E-state index in [-0.39, 0.29) is 5.75 Å². The first-order chi connectivity index (χ1) is 9.70. The summed E-state index contributed by atoms with van der Waals surface area (Å²) in [5, 5.41) is 13.4. The fraction of sp³-hybridized carbons (Fsp3) is 0.429. The fourth-order valence-corrected chi connectivity index (χ4v) is 1.67. The van der Waals surface area contributed by atoms with Crippen molar-refractivity contribution < 1.29 is 19.1 Å². The Kier molecular flexibility index (Phi) is 5.09. The summed E-state index contributed by atoms with van der Waals surface area (Å²) in [5.74, 6) is 1.29. The summed E-state index contributed by atoms with van der Waals surface area (Å²) < 4.78 is 15.4. The molecule has 0 aliphatic heterocycles. The lowest BCUT2D eigenvalue weighted by atomic mass is 10.1. The minimum atomic E-state index is 0.250. The molecule has 0 spiro atoms. The van der Waals surface area contributed by atoms with E-state index in [0.717, 1.165) is 11.1 Å². The Morgan fingerprint density at radius 3 is 2.85 bits per heavy atom. The number of nitrogens with zero attached hydrogens (tertiary/aromatic N) is 2. The summed E-state index contributed by atoms with van der Waals surface area (Å²) in [5.41, 5.74) is 1.56. The third-order valence-corrected chi connectivity index (χ3v) is 2.81. The van der Waals surface area contributed by atoms with Crippen LogP contribution in [-0.2, 0) is 15.9 Å². The molecule has 0 fully saturated rings. The molecule has 108 valence electrons. The highest BCUT2D eigenvalue weighted by molar-refractivity contribution is 5.56. The lowest BCUT2D eigenvalue weighted by Crippen LogP contribution is -2.05. The highest BCUT2D eigenvalue weighted by Gasteiger charge is 2.10. The third-order valence-electron chi connectivity index (χ3n) is 2.81. The molecule has 0 unspecified atom stereocenters. The smallest absolute Gasteiger partial charge is 0.257 e. The summed E-state index contributed by atoms with van der Waals surface area (Å²) in [4.78, 5) is 4.30. The summed E-state index contributed by atoms with van der Waals surface area (Å²) >= 11 is 0. The molecule has 2 aromatic rings. The first-order valence-corrected chi connectivity index (χ1v) is 6.40. The van der Waals surface area contributed by atoms with E-state index < -0.39 is 0 Å². The Bertz CT molecular complexity index is 554. The minimum Gasteiger partial charge on any atom is -0.508 e. The van der Waals surface area contributed by atoms with Gasteiger partial charge in [-0.1, -0.05) is 5.16 Å². The molecule has 0 aliphatic carbocycles. The van der Waals surface area contributed by atoms with Gasteiger partial charge in [-0.15, -0.1) is 0 Å². The molecule has 0 saturated carbocycles. The summed E-state index contributed by atoms with van der Waals surface area (Å²) in [7, 11) is 1.63. The monoisotopic (exact) mass is 278 g/mol. The van der Waals surface area contributed by atoms with Crippen LogP contribution in [0.5, 0.6) is 5.75 Å². The van der Waals surface area contributed by atoms with Gasteiger partial charge in [0.25, 0.3) is 5.89 Å². The van der Waals surface area contributed by atoms with Crippen LogP contribution in [0.15, 0.2) is 22.7 Å². The molecule has 1 heterocycles. The van der Waals surface area contributed by atoms with E-state index in [9.17, 15) is 5.11 Å². The second-order valence-electron chi connectivity index (χ2n) is 4.37. The predicted molar refractivity (Wildman–Crippen MR) is 72.5 cm³/mol. The van der Waals surface area contributed by atoms with Gasteiger partial charge in [0.2, 0.25) is 0 Å². The van der Waals surface area contributed by atoms with Crippen LogP contribution in [0.4, 0.5) is 0 Å². The highest BCUT2D eigenvalue weighted by atomic mass is 16.5. The Balaban J connectivity index is 1.93. The summed E-state index contributed by atoms with van der Waals surface area (Å²) in [6.45, 7) is 3.47. The number of phenolic OH excluding ortho intramolecular Hbond substituents is 1. The van der Waals surface area contributed by atoms with Crippen molar-refractivity contribution in [1.29, 1.82) is 0 Å². The van der Waals surface area contributed by atoms with Crippen molar-refractivity contribution in [3.05, 3.63) is 29.6 Å². The molecule has 0 bridgehead atoms. The predicted octanol–water partition coefficient (Wildman–Crippen LogP) is 1.96. The van der Waals surface area contributed by atoms with Gasteiger partial charge in [0.05, 0.1) is 19.8 Å². The second-order valence-corrected chi connectivity index (χ2v) is 4.37. The van der Waals surface area contributed by atoms with Crippen molar-refractivity contribution in [1.82, 2.24) is 10.1 Å². The van der Waals surface area contributed by atoms with E-state index in [1.54, 1.807) is 19.2 Å². The van der Waals surface area contributed by atoms with Gasteiger partial charge in [0, 0.05) is 19.1 Å². The Morgan fingerprint density at radius 2 is 2.10 bits per heavy atom. The van der Waals surface area contributed by atoms with Crippen LogP contribution in [0, 0.1) is 6.92 Å². The van der Waals surface area contributed by atoms with E-state index in [1.165, 1.54) is 0 Å². The van der Waals surface area contributed by atoms with Crippen molar-refractivity contribution in [2.24, 2.45) is 0 Å². The van der Waals surface area contributed by atoms with Gasteiger partial charge in [0.15, 0.2) is 5.82 Å². The Labute approximate surface area is 117 Å². The van der Waals surface area contributed by atoms with Crippen LogP contribution in [-0.4, -0.2) is 42.2 Å². The maximum absolute atomic E-state index is 9.49. The lowest BCUT2D eigenvalue weighted by Gasteiger charge is -2.00. The molecule has 6 heteroatoms. The molecule has 1 N–H and O–H groups in total. The van der Waals surface area contributed by atoms with E-state index in [2.05, 4.69) is 10.1 Å². The zero-order valence-electron chi connectivity index (χ0n) is 11.6. The van der Waals surface area contributed by atoms with Gasteiger partial charge < -0.3 is 19.1 Å². The number of methoxy groups -OCH3 is 1. The second kappa shape index (κ2) is 7.02. The zero-order chi connectivity index (χ0) is 14.4. The number of phenols is 1. The fourth-order valence-electron chi connectivity index (χ4n) is 1.67. The van der Waals surface area contributed by atoms with Gasteiger partial charge in [-0.05, 0) is 30.7 Å². The number of aromatic hydroxyl groups is 1. The topological polar surface area (TPSA) is 77.6 Å². The quantitative estimate of drug-likeness (QED) is 0.780. The standard InChI is InChI=1S/C14H18N2O4/c1-10-9-11(3-4-12(10)17)14-15-13(16-20-14)5-6-19-8-7-18-2/h3-4,9,17H,5-8H2,1-2H3. The van der Waals surface area contributed by atoms with Crippen LogP contribution in [0.2, 0.25) is 0 Å². The number of rotatable bonds is 7. The molecule has 0 radical (unpaired) electrons. The zero-order valence-corrected chi connectivity index (χ0v) is 11.6. The molecule has 1 aromatic carbocycles. The molecule has 0 amide bonds. The number of aryl methyl sites for hydroxylation is 1. The van der Waals surface area contributed by atoms with Crippen LogP contribution >= 0.6 is 0 Å². The van der Waals surface area contributed by atoms with Gasteiger partial charge in [-0.3, -0.25) is 0 Å². The number of hydrogen-bond donors (Lipinski definition) is 1. The third kappa shape index (κ3) is 3.79. The summed E-state index contributed by atoms with van der Waals surface area (Å²) in [6.07, 6.45) is 0.588. The Morgan fingerprint density at radius 1 is 1.25 bits per heavy atom. The number of hydrogen-bond acceptors (Lipinski definition) is 6. The number of ether oxygens (including phenoxy) is 2. The molecular weight excluding hydrogens is 260 g/mol. The van der Waals surface area contributed by atoms with Crippen molar-refractivity contribution in [3.63, 3.8) is 0 Å². The average Bonchev–Trinajstić information content (AvgIpc) is 2.90. The molecule has 0 aliphatic rings. The lowest BCUT2D eigenvalue weighted by molar-refractivity contribution is 0.0714. The average molecular weight is 278 g/mol. The first kappa shape index (κ1) is 14.5. The van der Waals surface area contributed by atoms with Gasteiger partial charge >= 0.3 is 0 Å². The van der Waals surface area contributed by atoms with Crippen molar-refractivity contribution >= 4 is 0 Å². The first-order valence-electron chi connectivity index (χ1n) is 6.40. The molecule has 6 nitrogen and oxygen atoms in total. The molecule has 20 heavy (non-hydrogen) atoms. The van der Waals surface area contributed by atoms with Gasteiger partial charge in [-0.25, -0.2) is 0 Å². The molecule has 2 rings (SSSR count). The normalized spacial score (nSPS) is 10.9. The van der Waals surface area contributed by atoms with E-state index in [0.29, 0.717) is 38.0 Å². The Hall–Kier alpha value is -1.92. The van der Waals surface area contributed by atoms with Crippen molar-refractivity contribution in [2.45, 2.75) is 13.3 Å². The maximum Gasteiger partial charge on any atom is 0.257 e. The maximum atomic E-state index is 9.49. The molecule has 1 aromatic heterocycles. The van der Waals surface area contributed by atoms with Crippen LogP contribution < -0.4 is 0 Å². The molecular formula is C14H18N2O4. The minimum absolute atomic E-state index is 0.250. The number of benzene rings is 1. The van der Waals surface area contributed by atoms with Crippen LogP contribution in [0.1, 0.15) is 11.4 Å². The van der Waals surface area contributed by atoms with Crippen molar-refractivity contribution in [3.8, 4) is 17.2 Å². The summed E-state index contributed by atoms with van der Waals surface area (Å²) in [6, 6.07) is 5.17.